The fraction of sp³-hybridized carbons (Fsp3) is 0.412. The minimum absolute atomic E-state index is 0.0103. The van der Waals surface area contributed by atoms with E-state index in [9.17, 15) is 4.79 Å². The summed E-state index contributed by atoms with van der Waals surface area (Å²) in [6.45, 7) is 0.429. The molecule has 114 valence electrons. The van der Waals surface area contributed by atoms with Gasteiger partial charge in [0.05, 0.1) is 16.8 Å². The van der Waals surface area contributed by atoms with Gasteiger partial charge in [-0.05, 0) is 31.0 Å². The SMILES string of the molecule is C#CCn1c(=NC(=O)C2CCCCC2)sc2cc(Br)ccc21. The topological polar surface area (TPSA) is 34.4 Å². The van der Waals surface area contributed by atoms with E-state index < -0.39 is 0 Å². The van der Waals surface area contributed by atoms with E-state index in [2.05, 4.69) is 26.8 Å². The van der Waals surface area contributed by atoms with Crippen molar-refractivity contribution in [1.82, 2.24) is 4.57 Å². The first-order valence-corrected chi connectivity index (χ1v) is 9.11. The normalized spacial score (nSPS) is 16.8. The first-order valence-electron chi connectivity index (χ1n) is 7.50. The van der Waals surface area contributed by atoms with Gasteiger partial charge in [-0.3, -0.25) is 4.79 Å². The fourth-order valence-electron chi connectivity index (χ4n) is 2.91. The molecule has 1 fully saturated rings. The number of carbonyl (C=O) groups is 1. The van der Waals surface area contributed by atoms with Gasteiger partial charge >= 0.3 is 0 Å². The largest absolute Gasteiger partial charge is 0.305 e. The molecule has 1 amide bonds. The minimum atomic E-state index is 0.0103. The van der Waals surface area contributed by atoms with Crippen molar-refractivity contribution >= 4 is 43.4 Å². The van der Waals surface area contributed by atoms with Crippen LogP contribution in [0.25, 0.3) is 10.2 Å². The summed E-state index contributed by atoms with van der Waals surface area (Å²) in [5.41, 5.74) is 1.03. The van der Waals surface area contributed by atoms with E-state index in [1.807, 2.05) is 22.8 Å². The number of fused-ring (bicyclic) bond motifs is 1. The number of benzene rings is 1. The van der Waals surface area contributed by atoms with E-state index in [0.717, 1.165) is 40.4 Å². The van der Waals surface area contributed by atoms with E-state index in [1.54, 1.807) is 0 Å². The van der Waals surface area contributed by atoms with Gasteiger partial charge in [-0.25, -0.2) is 0 Å². The third kappa shape index (κ3) is 3.18. The summed E-state index contributed by atoms with van der Waals surface area (Å²) in [6.07, 6.45) is 10.9. The highest BCUT2D eigenvalue weighted by atomic mass is 79.9. The zero-order valence-electron chi connectivity index (χ0n) is 12.2. The van der Waals surface area contributed by atoms with Crippen molar-refractivity contribution in [2.45, 2.75) is 38.6 Å². The molecule has 3 rings (SSSR count). The summed E-state index contributed by atoms with van der Waals surface area (Å²) >= 11 is 5.00. The summed E-state index contributed by atoms with van der Waals surface area (Å²) < 4.78 is 4.05. The minimum Gasteiger partial charge on any atom is -0.305 e. The molecule has 0 aliphatic heterocycles. The van der Waals surface area contributed by atoms with Crippen LogP contribution in [0.4, 0.5) is 0 Å². The average Bonchev–Trinajstić information content (AvgIpc) is 2.85. The van der Waals surface area contributed by atoms with Gasteiger partial charge in [0, 0.05) is 10.4 Å². The van der Waals surface area contributed by atoms with Crippen LogP contribution in [0, 0.1) is 18.3 Å². The van der Waals surface area contributed by atoms with Crippen LogP contribution >= 0.6 is 27.3 Å². The van der Waals surface area contributed by atoms with E-state index in [4.69, 9.17) is 6.42 Å². The first-order chi connectivity index (χ1) is 10.7. The molecule has 0 spiro atoms. The smallest absolute Gasteiger partial charge is 0.251 e. The summed E-state index contributed by atoms with van der Waals surface area (Å²) in [5.74, 6) is 2.75. The molecule has 1 aromatic heterocycles. The molecule has 0 radical (unpaired) electrons. The highest BCUT2D eigenvalue weighted by Crippen LogP contribution is 2.25. The maximum Gasteiger partial charge on any atom is 0.251 e. The maximum atomic E-state index is 12.4. The van der Waals surface area contributed by atoms with E-state index >= 15 is 0 Å². The predicted octanol–water partition coefficient (Wildman–Crippen LogP) is 4.11. The van der Waals surface area contributed by atoms with Crippen LogP contribution in [0.5, 0.6) is 0 Å². The molecule has 2 aromatic rings. The molecule has 1 aliphatic rings. The van der Waals surface area contributed by atoms with Gasteiger partial charge in [-0.2, -0.15) is 4.99 Å². The zero-order chi connectivity index (χ0) is 15.5. The lowest BCUT2D eigenvalue weighted by Crippen LogP contribution is -2.21. The Bertz CT molecular complexity index is 806. The number of terminal acetylenes is 1. The van der Waals surface area contributed by atoms with Crippen LogP contribution in [0.15, 0.2) is 27.7 Å². The molecule has 1 heterocycles. The molecule has 1 saturated carbocycles. The third-order valence-corrected chi connectivity index (χ3v) is 5.59. The number of thiazole rings is 1. The van der Waals surface area contributed by atoms with E-state index in [1.165, 1.54) is 17.8 Å². The van der Waals surface area contributed by atoms with Crippen molar-refractivity contribution in [2.24, 2.45) is 10.9 Å². The Labute approximate surface area is 142 Å². The Morgan fingerprint density at radius 1 is 1.41 bits per heavy atom. The van der Waals surface area contributed by atoms with Gasteiger partial charge in [-0.1, -0.05) is 52.4 Å². The first kappa shape index (κ1) is 15.5. The molecule has 0 unspecified atom stereocenters. The number of nitrogens with zero attached hydrogens (tertiary/aromatic N) is 2. The number of halogens is 1. The number of hydrogen-bond acceptors (Lipinski definition) is 2. The fourth-order valence-corrected chi connectivity index (χ4v) is 4.50. The van der Waals surface area contributed by atoms with Crippen LogP contribution in [-0.2, 0) is 11.3 Å². The lowest BCUT2D eigenvalue weighted by molar-refractivity contribution is -0.122. The predicted molar refractivity (Wildman–Crippen MR) is 93.5 cm³/mol. The number of amides is 1. The van der Waals surface area contributed by atoms with Crippen LogP contribution in [-0.4, -0.2) is 10.5 Å². The Morgan fingerprint density at radius 3 is 2.91 bits per heavy atom. The number of rotatable bonds is 2. The molecule has 0 atom stereocenters. The third-order valence-electron chi connectivity index (χ3n) is 4.05. The van der Waals surface area contributed by atoms with Gasteiger partial charge < -0.3 is 4.57 Å². The second kappa shape index (κ2) is 6.80. The summed E-state index contributed by atoms with van der Waals surface area (Å²) in [4.78, 5) is 17.5. The second-order valence-corrected chi connectivity index (χ2v) is 7.50. The van der Waals surface area contributed by atoms with Crippen molar-refractivity contribution in [2.75, 3.05) is 0 Å². The van der Waals surface area contributed by atoms with Crippen LogP contribution in [0.3, 0.4) is 0 Å². The standard InChI is InChI=1S/C17H17BrN2OS/c1-2-10-20-14-9-8-13(18)11-15(14)22-17(20)19-16(21)12-6-4-3-5-7-12/h1,8-9,11-12H,3-7,10H2. The molecule has 5 heteroatoms. The van der Waals surface area contributed by atoms with Gasteiger partial charge in [0.1, 0.15) is 0 Å². The Hall–Kier alpha value is -1.38. The molecule has 22 heavy (non-hydrogen) atoms. The summed E-state index contributed by atoms with van der Waals surface area (Å²) in [6, 6.07) is 6.03. The van der Waals surface area contributed by atoms with Crippen LogP contribution in [0.2, 0.25) is 0 Å². The maximum absolute atomic E-state index is 12.4. The molecular weight excluding hydrogens is 360 g/mol. The highest BCUT2D eigenvalue weighted by Gasteiger charge is 2.21. The molecule has 3 nitrogen and oxygen atoms in total. The van der Waals surface area contributed by atoms with Crippen molar-refractivity contribution in [3.8, 4) is 12.3 Å². The molecule has 0 N–H and O–H groups in total. The second-order valence-electron chi connectivity index (χ2n) is 5.57. The Morgan fingerprint density at radius 2 is 2.18 bits per heavy atom. The highest BCUT2D eigenvalue weighted by molar-refractivity contribution is 9.10. The van der Waals surface area contributed by atoms with E-state index in [-0.39, 0.29) is 11.8 Å². The Balaban J connectivity index is 2.04. The lowest BCUT2D eigenvalue weighted by Gasteiger charge is -2.17. The van der Waals surface area contributed by atoms with Gasteiger partial charge in [0.25, 0.3) is 5.91 Å². The number of aromatic nitrogens is 1. The monoisotopic (exact) mass is 376 g/mol. The van der Waals surface area contributed by atoms with Gasteiger partial charge in [0.2, 0.25) is 0 Å². The molecule has 1 aliphatic carbocycles. The molecule has 0 bridgehead atoms. The van der Waals surface area contributed by atoms with Crippen molar-refractivity contribution in [3.63, 3.8) is 0 Å². The molecule has 0 saturated heterocycles. The average molecular weight is 377 g/mol. The number of carbonyl (C=O) groups excluding carboxylic acids is 1. The molecular formula is C17H17BrN2OS. The molecule has 1 aromatic carbocycles. The van der Waals surface area contributed by atoms with Crippen molar-refractivity contribution in [3.05, 3.63) is 27.5 Å². The van der Waals surface area contributed by atoms with Crippen LogP contribution in [0.1, 0.15) is 32.1 Å². The van der Waals surface area contributed by atoms with E-state index in [0.29, 0.717) is 11.3 Å². The zero-order valence-corrected chi connectivity index (χ0v) is 14.6. The van der Waals surface area contributed by atoms with Crippen molar-refractivity contribution in [1.29, 1.82) is 0 Å². The summed E-state index contributed by atoms with van der Waals surface area (Å²) in [5, 5.41) is 0. The summed E-state index contributed by atoms with van der Waals surface area (Å²) in [7, 11) is 0. The lowest BCUT2D eigenvalue weighted by atomic mass is 9.89. The van der Waals surface area contributed by atoms with Crippen LogP contribution < -0.4 is 4.80 Å². The van der Waals surface area contributed by atoms with Gasteiger partial charge in [0.15, 0.2) is 4.80 Å². The van der Waals surface area contributed by atoms with Gasteiger partial charge in [-0.15, -0.1) is 6.42 Å². The quantitative estimate of drug-likeness (QED) is 0.726. The van der Waals surface area contributed by atoms with Crippen molar-refractivity contribution < 1.29 is 4.79 Å². The Kier molecular flexibility index (Phi) is 4.80. The number of hydrogen-bond donors (Lipinski definition) is 0.